The van der Waals surface area contributed by atoms with E-state index in [0.717, 1.165) is 11.7 Å². The second-order valence-electron chi connectivity index (χ2n) is 1.22. The Kier molecular flexibility index (Phi) is 2.35. The molecule has 0 atom stereocenters. The topological polar surface area (TPSA) is 90.0 Å². The zero-order valence-electron chi connectivity index (χ0n) is 4.40. The van der Waals surface area contributed by atoms with Crippen molar-refractivity contribution >= 4 is 16.4 Å². The SMILES string of the molecule is O.O=S1(=O)C=CNC=N1. The quantitative estimate of drug-likeness (QED) is 0.460. The summed E-state index contributed by atoms with van der Waals surface area (Å²) in [5.41, 5.74) is 0. The Morgan fingerprint density at radius 2 is 2.11 bits per heavy atom. The lowest BCUT2D eigenvalue weighted by Gasteiger charge is -1.94. The van der Waals surface area contributed by atoms with E-state index in [4.69, 9.17) is 0 Å². The summed E-state index contributed by atoms with van der Waals surface area (Å²) in [4.78, 5) is 0. The van der Waals surface area contributed by atoms with Crippen molar-refractivity contribution in [3.63, 3.8) is 0 Å². The summed E-state index contributed by atoms with van der Waals surface area (Å²) in [5.74, 6) is 0. The van der Waals surface area contributed by atoms with Crippen LogP contribution in [-0.2, 0) is 10.0 Å². The summed E-state index contributed by atoms with van der Waals surface area (Å²) < 4.78 is 23.8. The average Bonchev–Trinajstić information content (AvgIpc) is 1.65. The molecule has 0 radical (unpaired) electrons. The Morgan fingerprint density at radius 1 is 1.44 bits per heavy atom. The van der Waals surface area contributed by atoms with Crippen LogP contribution in [0.4, 0.5) is 0 Å². The maximum absolute atomic E-state index is 10.3. The van der Waals surface area contributed by atoms with Crippen LogP contribution in [-0.4, -0.2) is 20.2 Å². The first-order chi connectivity index (χ1) is 3.71. The molecule has 52 valence electrons. The summed E-state index contributed by atoms with van der Waals surface area (Å²) >= 11 is 0. The van der Waals surface area contributed by atoms with Crippen molar-refractivity contribution in [2.24, 2.45) is 4.40 Å². The number of nitrogens with one attached hydrogen (secondary N) is 1. The van der Waals surface area contributed by atoms with Gasteiger partial charge < -0.3 is 10.8 Å². The van der Waals surface area contributed by atoms with Crippen molar-refractivity contribution in [3.8, 4) is 0 Å². The van der Waals surface area contributed by atoms with Gasteiger partial charge in [-0.25, -0.2) is 0 Å². The predicted octanol–water partition coefficient (Wildman–Crippen LogP) is -1.41. The largest absolute Gasteiger partial charge is 0.412 e. The van der Waals surface area contributed by atoms with Crippen molar-refractivity contribution < 1.29 is 13.9 Å². The first-order valence-electron chi connectivity index (χ1n) is 1.92. The Hall–Kier alpha value is -0.880. The molecule has 0 fully saturated rings. The van der Waals surface area contributed by atoms with Crippen molar-refractivity contribution in [3.05, 3.63) is 11.6 Å². The maximum Gasteiger partial charge on any atom is 0.278 e. The van der Waals surface area contributed by atoms with Gasteiger partial charge in [-0.05, 0) is 0 Å². The molecule has 1 aliphatic rings. The van der Waals surface area contributed by atoms with Gasteiger partial charge in [-0.2, -0.15) is 12.8 Å². The van der Waals surface area contributed by atoms with Crippen LogP contribution in [0.2, 0.25) is 0 Å². The van der Waals surface area contributed by atoms with E-state index >= 15 is 0 Å². The molecule has 0 unspecified atom stereocenters. The summed E-state index contributed by atoms with van der Waals surface area (Å²) in [6, 6.07) is 0. The third-order valence-electron chi connectivity index (χ3n) is 0.610. The van der Waals surface area contributed by atoms with Gasteiger partial charge >= 0.3 is 0 Å². The molecule has 0 saturated carbocycles. The standard InChI is InChI=1S/C3H4N2O2S.H2O/c6-8(7)2-1-4-3-5-8;/h1-3H,(H,4,5);1H2. The fourth-order valence-electron chi connectivity index (χ4n) is 0.307. The average molecular weight is 150 g/mol. The fourth-order valence-corrected chi connectivity index (χ4v) is 0.836. The zero-order valence-corrected chi connectivity index (χ0v) is 5.22. The molecule has 0 aromatic rings. The van der Waals surface area contributed by atoms with Crippen LogP contribution in [0.25, 0.3) is 0 Å². The molecule has 6 heteroatoms. The number of nitrogens with zero attached hydrogens (tertiary/aromatic N) is 1. The lowest BCUT2D eigenvalue weighted by atomic mass is 11.0. The van der Waals surface area contributed by atoms with Gasteiger partial charge in [0.2, 0.25) is 0 Å². The van der Waals surface area contributed by atoms with Gasteiger partial charge in [-0.1, -0.05) is 0 Å². The van der Waals surface area contributed by atoms with Gasteiger partial charge in [0, 0.05) is 6.20 Å². The maximum atomic E-state index is 10.3. The van der Waals surface area contributed by atoms with E-state index in [1.807, 2.05) is 0 Å². The number of hydrogen-bond donors (Lipinski definition) is 1. The molecule has 5 nitrogen and oxygen atoms in total. The van der Waals surface area contributed by atoms with E-state index in [-0.39, 0.29) is 5.48 Å². The molecule has 9 heavy (non-hydrogen) atoms. The summed E-state index contributed by atoms with van der Waals surface area (Å²) in [6.07, 6.45) is 2.43. The van der Waals surface area contributed by atoms with E-state index in [0.29, 0.717) is 0 Å². The second-order valence-corrected chi connectivity index (χ2v) is 2.73. The van der Waals surface area contributed by atoms with Crippen molar-refractivity contribution in [2.75, 3.05) is 0 Å². The highest BCUT2D eigenvalue weighted by atomic mass is 32.2. The van der Waals surface area contributed by atoms with Crippen molar-refractivity contribution in [2.45, 2.75) is 0 Å². The van der Waals surface area contributed by atoms with Gasteiger partial charge in [-0.3, -0.25) is 0 Å². The Morgan fingerprint density at radius 3 is 2.33 bits per heavy atom. The minimum absolute atomic E-state index is 0. The minimum Gasteiger partial charge on any atom is -0.412 e. The van der Waals surface area contributed by atoms with Gasteiger partial charge in [0.1, 0.15) is 6.34 Å². The second kappa shape index (κ2) is 2.60. The van der Waals surface area contributed by atoms with Crippen LogP contribution in [0.15, 0.2) is 16.0 Å². The first-order valence-corrected chi connectivity index (χ1v) is 3.42. The molecule has 0 aliphatic carbocycles. The number of sulfonamides is 1. The molecule has 0 aromatic heterocycles. The van der Waals surface area contributed by atoms with E-state index in [1.54, 1.807) is 0 Å². The third-order valence-corrected chi connectivity index (χ3v) is 1.49. The van der Waals surface area contributed by atoms with Gasteiger partial charge in [-0.15, -0.1) is 0 Å². The van der Waals surface area contributed by atoms with Crippen LogP contribution in [0.3, 0.4) is 0 Å². The Labute approximate surface area is 52.5 Å². The highest BCUT2D eigenvalue weighted by Crippen LogP contribution is 1.93. The molecule has 0 amide bonds. The van der Waals surface area contributed by atoms with Crippen LogP contribution < -0.4 is 5.32 Å². The molecule has 3 N–H and O–H groups in total. The van der Waals surface area contributed by atoms with Gasteiger partial charge in [0.05, 0.1) is 5.41 Å². The number of rotatable bonds is 0. The molecule has 0 spiro atoms. The van der Waals surface area contributed by atoms with Gasteiger partial charge in [0.15, 0.2) is 0 Å². The third kappa shape index (κ3) is 2.24. The lowest BCUT2D eigenvalue weighted by molar-refractivity contribution is 0.606. The van der Waals surface area contributed by atoms with E-state index in [9.17, 15) is 8.42 Å². The Bertz CT molecular complexity index is 209. The molecule has 0 saturated heterocycles. The highest BCUT2D eigenvalue weighted by molar-refractivity contribution is 7.93. The monoisotopic (exact) mass is 150 g/mol. The minimum atomic E-state index is -3.26. The summed E-state index contributed by atoms with van der Waals surface area (Å²) in [5, 5.41) is 3.48. The van der Waals surface area contributed by atoms with Crippen LogP contribution in [0, 0.1) is 0 Å². The normalized spacial score (nSPS) is 20.0. The molecule has 0 bridgehead atoms. The lowest BCUT2D eigenvalue weighted by Crippen LogP contribution is -2.08. The fraction of sp³-hybridized carbons (Fsp3) is 0. The van der Waals surface area contributed by atoms with Crippen molar-refractivity contribution in [1.82, 2.24) is 5.32 Å². The van der Waals surface area contributed by atoms with Gasteiger partial charge in [0.25, 0.3) is 10.0 Å². The van der Waals surface area contributed by atoms with Crippen LogP contribution in [0.1, 0.15) is 0 Å². The highest BCUT2D eigenvalue weighted by Gasteiger charge is 2.00. The molecule has 1 heterocycles. The number of hydrogen-bond acceptors (Lipinski definition) is 3. The summed E-state index contributed by atoms with van der Waals surface area (Å²) in [6.45, 7) is 0. The molecular weight excluding hydrogens is 144 g/mol. The summed E-state index contributed by atoms with van der Waals surface area (Å²) in [7, 11) is -3.26. The Balaban J connectivity index is 0.000000640. The van der Waals surface area contributed by atoms with Crippen molar-refractivity contribution in [1.29, 1.82) is 0 Å². The van der Waals surface area contributed by atoms with E-state index in [2.05, 4.69) is 9.71 Å². The van der Waals surface area contributed by atoms with Crippen LogP contribution in [0.5, 0.6) is 0 Å². The van der Waals surface area contributed by atoms with E-state index in [1.165, 1.54) is 6.20 Å². The predicted molar refractivity (Wildman–Crippen MR) is 33.3 cm³/mol. The molecule has 0 aromatic carbocycles. The molecular formula is C3H6N2O3S. The smallest absolute Gasteiger partial charge is 0.278 e. The molecule has 1 aliphatic heterocycles. The first kappa shape index (κ1) is 8.12. The van der Waals surface area contributed by atoms with E-state index < -0.39 is 10.0 Å². The molecule has 1 rings (SSSR count). The zero-order chi connectivity index (χ0) is 6.04. The van der Waals surface area contributed by atoms with Crippen LogP contribution >= 0.6 is 0 Å².